The summed E-state index contributed by atoms with van der Waals surface area (Å²) in [6.45, 7) is 6.99. The Morgan fingerprint density at radius 3 is 1.24 bits per heavy atom. The van der Waals surface area contributed by atoms with Gasteiger partial charge in [0.05, 0.1) is 33.8 Å². The molecule has 3 unspecified atom stereocenters. The van der Waals surface area contributed by atoms with Gasteiger partial charge < -0.3 is 19.4 Å². The fraction of sp³-hybridized carbons (Fsp3) is 0.818. The number of carbonyl (C=O) groups excluding carboxylic acids is 2. The second-order valence-corrected chi connectivity index (χ2v) is 24.4. The molecule has 76 heavy (non-hydrogen) atoms. The first-order valence-electron chi connectivity index (χ1n) is 32.1. The van der Waals surface area contributed by atoms with E-state index in [0.717, 1.165) is 77.0 Å². The summed E-state index contributed by atoms with van der Waals surface area (Å²) in [7, 11) is 1.48. The zero-order valence-electron chi connectivity index (χ0n) is 50.7. The topological polar surface area (TPSA) is 111 Å². The Morgan fingerprint density at radius 1 is 0.461 bits per heavy atom. The molecule has 9 nitrogen and oxygen atoms in total. The molecule has 2 N–H and O–H groups in total. The number of phosphoric acid groups is 1. The highest BCUT2D eigenvalue weighted by atomic mass is 31.2. The lowest BCUT2D eigenvalue weighted by atomic mass is 10.0. The second-order valence-electron chi connectivity index (χ2n) is 22.9. The Balaban J connectivity index is 5.27. The molecule has 3 atom stereocenters. The Morgan fingerprint density at radius 2 is 0.803 bits per heavy atom. The Hall–Kier alpha value is -2.29. The van der Waals surface area contributed by atoms with Gasteiger partial charge in [-0.3, -0.25) is 18.6 Å². The maximum atomic E-state index is 13.6. The third-order valence-corrected chi connectivity index (χ3v) is 15.2. The van der Waals surface area contributed by atoms with E-state index in [1.165, 1.54) is 180 Å². The van der Waals surface area contributed by atoms with Crippen molar-refractivity contribution in [3.63, 3.8) is 0 Å². The number of phosphoric ester groups is 1. The average molecular weight is 1090 g/mol. The number of allylic oxidation sites excluding steroid dienone is 9. The molecule has 0 bridgehead atoms. The predicted octanol–water partition coefficient (Wildman–Crippen LogP) is 19.8. The quantitative estimate of drug-likeness (QED) is 0.0205. The Kier molecular flexibility index (Phi) is 54.3. The minimum atomic E-state index is -4.46. The van der Waals surface area contributed by atoms with Gasteiger partial charge in [-0.25, -0.2) is 4.57 Å². The number of hydrogen-bond donors (Lipinski definition) is 2. The van der Waals surface area contributed by atoms with Crippen molar-refractivity contribution in [2.24, 2.45) is 0 Å². The summed E-state index contributed by atoms with van der Waals surface area (Å²) >= 11 is 0. The highest BCUT2D eigenvalue weighted by Gasteiger charge is 2.30. The molecule has 0 saturated carbocycles. The first-order chi connectivity index (χ1) is 36.9. The Labute approximate surface area is 471 Å². The van der Waals surface area contributed by atoms with Crippen molar-refractivity contribution in [2.45, 2.75) is 309 Å². The maximum absolute atomic E-state index is 13.6. The van der Waals surface area contributed by atoms with Crippen LogP contribution in [0.4, 0.5) is 0 Å². The minimum Gasteiger partial charge on any atom is -0.456 e. The van der Waals surface area contributed by atoms with Crippen molar-refractivity contribution in [2.75, 3.05) is 40.9 Å². The van der Waals surface area contributed by atoms with Gasteiger partial charge in [0, 0.05) is 12.8 Å². The van der Waals surface area contributed by atoms with Crippen LogP contribution in [0, 0.1) is 0 Å². The van der Waals surface area contributed by atoms with Crippen LogP contribution >= 0.6 is 7.82 Å². The van der Waals surface area contributed by atoms with Gasteiger partial charge in [-0.15, -0.1) is 0 Å². The van der Waals surface area contributed by atoms with E-state index in [2.05, 4.69) is 74.7 Å². The third kappa shape index (κ3) is 56.4. The molecule has 0 aromatic carbocycles. The lowest BCUT2D eigenvalue weighted by Gasteiger charge is -2.27. The molecule has 0 spiro atoms. The molecule has 0 aromatic rings. The zero-order valence-corrected chi connectivity index (χ0v) is 51.6. The summed E-state index contributed by atoms with van der Waals surface area (Å²) in [4.78, 5) is 37.7. The van der Waals surface area contributed by atoms with Gasteiger partial charge in [0.2, 0.25) is 5.91 Å². The van der Waals surface area contributed by atoms with Crippen molar-refractivity contribution < 1.29 is 37.3 Å². The van der Waals surface area contributed by atoms with Crippen LogP contribution in [-0.2, 0) is 27.9 Å². The van der Waals surface area contributed by atoms with E-state index in [9.17, 15) is 19.0 Å². The van der Waals surface area contributed by atoms with Gasteiger partial charge in [0.1, 0.15) is 19.3 Å². The average Bonchev–Trinajstić information content (AvgIpc) is 3.38. The molecule has 0 saturated heterocycles. The number of likely N-dealkylation sites (N-methyl/N-ethyl adjacent to an activating group) is 1. The number of unbranched alkanes of at least 4 members (excludes halogenated alkanes) is 34. The largest absolute Gasteiger partial charge is 0.472 e. The van der Waals surface area contributed by atoms with Crippen LogP contribution in [0.3, 0.4) is 0 Å². The smallest absolute Gasteiger partial charge is 0.456 e. The number of carbonyl (C=O) groups is 2. The standard InChI is InChI=1S/C66H123N2O7P/c1-7-10-13-16-19-22-25-28-30-32-34-36-38-40-43-46-49-52-55-58-65(69)67-63(62-74-76(71,72)73-61-60-68(4,5)6)64(57-54-51-48-45-42-27-24-21-18-15-12-9-3)75-66(70)59-56-53-50-47-44-41-39-37-35-33-31-29-26-23-20-17-14-11-8-2/h20,23,29,31,35,37,41,44,54,57,63-64H,7-19,21-22,24-28,30,32-34,36,38-40,42-43,45-53,55-56,58-62H2,1-6H3,(H-,67,69,71,72)/p+1/b23-20-,31-29-,37-35-,44-41-,57-54+. The molecular weight excluding hydrogens is 964 g/mol. The normalized spacial score (nSPS) is 14.0. The minimum absolute atomic E-state index is 0.0350. The number of nitrogens with zero attached hydrogens (tertiary/aromatic N) is 1. The van der Waals surface area contributed by atoms with E-state index in [1.54, 1.807) is 0 Å². The number of rotatable bonds is 58. The third-order valence-electron chi connectivity index (χ3n) is 14.2. The van der Waals surface area contributed by atoms with E-state index in [-0.39, 0.29) is 31.5 Å². The fourth-order valence-electron chi connectivity index (χ4n) is 9.22. The lowest BCUT2D eigenvalue weighted by Crippen LogP contribution is -2.47. The summed E-state index contributed by atoms with van der Waals surface area (Å²) < 4.78 is 30.7. The van der Waals surface area contributed by atoms with E-state index in [0.29, 0.717) is 23.9 Å². The van der Waals surface area contributed by atoms with Crippen molar-refractivity contribution in [1.82, 2.24) is 5.32 Å². The number of quaternary nitrogens is 1. The first-order valence-corrected chi connectivity index (χ1v) is 33.6. The lowest BCUT2D eigenvalue weighted by molar-refractivity contribution is -0.870. The number of nitrogens with one attached hydrogen (secondary N) is 1. The summed E-state index contributed by atoms with van der Waals surface area (Å²) in [6, 6.07) is -0.860. The second kappa shape index (κ2) is 56.0. The number of hydrogen-bond acceptors (Lipinski definition) is 6. The molecule has 0 aliphatic carbocycles. The molecule has 0 aliphatic heterocycles. The van der Waals surface area contributed by atoms with Gasteiger partial charge in [-0.2, -0.15) is 0 Å². The Bertz CT molecular complexity index is 1490. The van der Waals surface area contributed by atoms with Crippen LogP contribution in [0.25, 0.3) is 0 Å². The summed E-state index contributed by atoms with van der Waals surface area (Å²) in [6.07, 6.45) is 70.7. The van der Waals surface area contributed by atoms with E-state index < -0.39 is 20.0 Å². The number of amides is 1. The summed E-state index contributed by atoms with van der Waals surface area (Å²) in [5.41, 5.74) is 0. The van der Waals surface area contributed by atoms with E-state index in [1.807, 2.05) is 33.3 Å². The first kappa shape index (κ1) is 73.7. The highest BCUT2D eigenvalue weighted by Crippen LogP contribution is 2.43. The molecule has 0 aromatic heterocycles. The van der Waals surface area contributed by atoms with Gasteiger partial charge in [-0.05, 0) is 76.7 Å². The number of ether oxygens (including phenoxy) is 1. The highest BCUT2D eigenvalue weighted by molar-refractivity contribution is 7.47. The van der Waals surface area contributed by atoms with Crippen LogP contribution < -0.4 is 5.32 Å². The molecule has 0 fully saturated rings. The summed E-state index contributed by atoms with van der Waals surface area (Å²) in [5, 5.41) is 3.06. The molecule has 0 heterocycles. The molecule has 444 valence electrons. The van der Waals surface area contributed by atoms with Crippen LogP contribution in [0.2, 0.25) is 0 Å². The summed E-state index contributed by atoms with van der Waals surface area (Å²) in [5.74, 6) is -0.531. The maximum Gasteiger partial charge on any atom is 0.472 e. The zero-order chi connectivity index (χ0) is 55.7. The van der Waals surface area contributed by atoms with E-state index in [4.69, 9.17) is 13.8 Å². The van der Waals surface area contributed by atoms with Gasteiger partial charge in [0.15, 0.2) is 0 Å². The fourth-order valence-corrected chi connectivity index (χ4v) is 9.95. The molecule has 0 radical (unpaired) electrons. The molecule has 10 heteroatoms. The van der Waals surface area contributed by atoms with Crippen molar-refractivity contribution >= 4 is 19.7 Å². The van der Waals surface area contributed by atoms with Crippen LogP contribution in [0.5, 0.6) is 0 Å². The molecule has 1 amide bonds. The van der Waals surface area contributed by atoms with E-state index >= 15 is 0 Å². The van der Waals surface area contributed by atoms with Gasteiger partial charge >= 0.3 is 13.8 Å². The molecule has 0 rings (SSSR count). The molecular formula is C66H124N2O7P+. The van der Waals surface area contributed by atoms with Gasteiger partial charge in [-0.1, -0.05) is 268 Å². The van der Waals surface area contributed by atoms with Crippen molar-refractivity contribution in [3.8, 4) is 0 Å². The van der Waals surface area contributed by atoms with Gasteiger partial charge in [0.25, 0.3) is 0 Å². The van der Waals surface area contributed by atoms with Crippen molar-refractivity contribution in [1.29, 1.82) is 0 Å². The predicted molar refractivity (Wildman–Crippen MR) is 328 cm³/mol. The van der Waals surface area contributed by atoms with Crippen molar-refractivity contribution in [3.05, 3.63) is 60.8 Å². The number of esters is 1. The SMILES string of the molecule is CCCCC/C=C\C/C=C\C/C=C\C/C=C\CCCCCC(=O)OC(/C=C/CCCCCCCCCCCC)C(COP(=O)(O)OCC[N+](C)(C)C)NC(=O)CCCCCCCCCCCCCCCCCCCCC. The van der Waals surface area contributed by atoms with Crippen LogP contribution in [0.15, 0.2) is 60.8 Å². The molecule has 0 aliphatic rings. The van der Waals surface area contributed by atoms with Crippen LogP contribution in [0.1, 0.15) is 297 Å². The van der Waals surface area contributed by atoms with Crippen LogP contribution in [-0.4, -0.2) is 74.3 Å². The monoisotopic (exact) mass is 1090 g/mol.